The van der Waals surface area contributed by atoms with E-state index >= 15 is 0 Å². The Labute approximate surface area is 209 Å². The minimum atomic E-state index is -0.606. The van der Waals surface area contributed by atoms with Crippen LogP contribution in [0.3, 0.4) is 0 Å². The molecular weight excluding hydrogens is 496 g/mol. The molecule has 3 aromatic rings. The van der Waals surface area contributed by atoms with E-state index in [1.54, 1.807) is 48.5 Å². The Bertz CT molecular complexity index is 1200. The maximum absolute atomic E-state index is 13.0. The number of Topliss-reactive ketones (excluding diaryl/α,β-unsaturated/α-hetero) is 1. The molecule has 3 aromatic carbocycles. The van der Waals surface area contributed by atoms with Gasteiger partial charge in [-0.25, -0.2) is 4.79 Å². The predicted molar refractivity (Wildman–Crippen MR) is 134 cm³/mol. The summed E-state index contributed by atoms with van der Waals surface area (Å²) in [4.78, 5) is 42.0. The van der Waals surface area contributed by atoms with Crippen molar-refractivity contribution in [1.82, 2.24) is 0 Å². The van der Waals surface area contributed by atoms with Gasteiger partial charge in [0.25, 0.3) is 5.69 Å². The molecule has 174 valence electrons. The first-order valence-electron chi connectivity index (χ1n) is 10.0. The van der Waals surface area contributed by atoms with Crippen LogP contribution in [0.4, 0.5) is 5.69 Å². The molecule has 7 nitrogen and oxygen atoms in total. The first kappa shape index (κ1) is 25.5. The molecule has 0 aromatic heterocycles. The highest BCUT2D eigenvalue weighted by Gasteiger charge is 2.16. The molecule has 0 aliphatic rings. The van der Waals surface area contributed by atoms with Gasteiger partial charge >= 0.3 is 5.97 Å². The first-order chi connectivity index (χ1) is 16.3. The second-order valence-electron chi connectivity index (χ2n) is 6.88. The van der Waals surface area contributed by atoms with Gasteiger partial charge in [0.15, 0.2) is 0 Å². The van der Waals surface area contributed by atoms with E-state index in [4.69, 9.17) is 16.4 Å². The normalized spacial score (nSPS) is 11.2. The van der Waals surface area contributed by atoms with Gasteiger partial charge in [-0.05, 0) is 60.7 Å². The second-order valence-corrected chi connectivity index (χ2v) is 9.63. The molecular formula is C24H19ClN2O5S2. The summed E-state index contributed by atoms with van der Waals surface area (Å²) in [7, 11) is 0. The maximum Gasteiger partial charge on any atom is 0.331 e. The van der Waals surface area contributed by atoms with Gasteiger partial charge < -0.3 is 4.84 Å². The zero-order chi connectivity index (χ0) is 24.5. The third-order valence-corrected chi connectivity index (χ3v) is 6.65. The van der Waals surface area contributed by atoms with E-state index in [2.05, 4.69) is 5.16 Å². The second kappa shape index (κ2) is 12.4. The van der Waals surface area contributed by atoms with E-state index in [1.165, 1.54) is 42.6 Å². The lowest BCUT2D eigenvalue weighted by Gasteiger charge is -2.07. The number of non-ortho nitro benzene ring substituents is 1. The van der Waals surface area contributed by atoms with Crippen molar-refractivity contribution in [2.75, 3.05) is 5.75 Å². The molecule has 34 heavy (non-hydrogen) atoms. The lowest BCUT2D eigenvalue weighted by Crippen LogP contribution is -2.16. The standard InChI is InChI=1S/C24H19ClN2O5S2/c1-16(28)32-26-23(14-15-33-20-10-4-18(25)5-11-20)24(29)17-2-8-21(9-3-17)34-22-12-6-19(7-13-22)27(30)31/h2-13H,14-15H2,1H3/b26-23-. The number of nitro groups is 1. The molecule has 0 fully saturated rings. The van der Waals surface area contributed by atoms with Crippen molar-refractivity contribution in [3.8, 4) is 0 Å². The van der Waals surface area contributed by atoms with E-state index < -0.39 is 10.9 Å². The van der Waals surface area contributed by atoms with Crippen molar-refractivity contribution in [2.24, 2.45) is 5.16 Å². The van der Waals surface area contributed by atoms with Crippen molar-refractivity contribution in [3.63, 3.8) is 0 Å². The summed E-state index contributed by atoms with van der Waals surface area (Å²) < 4.78 is 0. The summed E-state index contributed by atoms with van der Waals surface area (Å²) in [5.41, 5.74) is 0.585. The molecule has 0 aliphatic carbocycles. The summed E-state index contributed by atoms with van der Waals surface area (Å²) in [6.45, 7) is 1.22. The predicted octanol–water partition coefficient (Wildman–Crippen LogP) is 6.68. The van der Waals surface area contributed by atoms with Gasteiger partial charge in [-0.15, -0.1) is 11.8 Å². The van der Waals surface area contributed by atoms with Gasteiger partial charge in [-0.1, -0.05) is 28.5 Å². The van der Waals surface area contributed by atoms with Gasteiger partial charge in [0, 0.05) is 56.5 Å². The van der Waals surface area contributed by atoms with Gasteiger partial charge in [-0.3, -0.25) is 14.9 Å². The van der Waals surface area contributed by atoms with Crippen LogP contribution >= 0.6 is 35.1 Å². The minimum absolute atomic E-state index is 0.0270. The third-order valence-electron chi connectivity index (χ3n) is 4.37. The van der Waals surface area contributed by atoms with E-state index in [0.717, 1.165) is 14.7 Å². The molecule has 0 aliphatic heterocycles. The molecule has 0 unspecified atom stereocenters. The minimum Gasteiger partial charge on any atom is -0.318 e. The SMILES string of the molecule is CC(=O)O/N=C(/CCSc1ccc(Cl)cc1)C(=O)c1ccc(Sc2ccc([N+](=O)[O-])cc2)cc1. The molecule has 0 radical (unpaired) electrons. The fraction of sp³-hybridized carbons (Fsp3) is 0.125. The van der Waals surface area contributed by atoms with Crippen LogP contribution < -0.4 is 0 Å². The zero-order valence-electron chi connectivity index (χ0n) is 18.0. The largest absolute Gasteiger partial charge is 0.331 e. The highest BCUT2D eigenvalue weighted by molar-refractivity contribution is 7.99. The van der Waals surface area contributed by atoms with Gasteiger partial charge in [0.05, 0.1) is 4.92 Å². The number of ketones is 1. The molecule has 0 heterocycles. The Morgan fingerprint density at radius 2 is 1.50 bits per heavy atom. The average Bonchev–Trinajstić information content (AvgIpc) is 2.82. The zero-order valence-corrected chi connectivity index (χ0v) is 20.4. The number of hydrogen-bond acceptors (Lipinski definition) is 8. The molecule has 3 rings (SSSR count). The fourth-order valence-corrected chi connectivity index (χ4v) is 4.53. The van der Waals surface area contributed by atoms with Gasteiger partial charge in [0.2, 0.25) is 5.78 Å². The van der Waals surface area contributed by atoms with Gasteiger partial charge in [0.1, 0.15) is 5.71 Å². The van der Waals surface area contributed by atoms with Crippen molar-refractivity contribution in [3.05, 3.63) is 93.5 Å². The summed E-state index contributed by atoms with van der Waals surface area (Å²) in [5.74, 6) is -0.378. The Hall–Kier alpha value is -3.14. The Morgan fingerprint density at radius 1 is 0.941 bits per heavy atom. The van der Waals surface area contributed by atoms with Crippen LogP contribution in [0.1, 0.15) is 23.7 Å². The molecule has 0 bridgehead atoms. The number of hydrogen-bond donors (Lipinski definition) is 0. The van der Waals surface area contributed by atoms with E-state index in [-0.39, 0.29) is 17.2 Å². The third kappa shape index (κ3) is 7.72. The van der Waals surface area contributed by atoms with Crippen LogP contribution in [-0.4, -0.2) is 28.1 Å². The summed E-state index contributed by atoms with van der Waals surface area (Å²) in [6.07, 6.45) is 0.304. The Kier molecular flexibility index (Phi) is 9.26. The number of carbonyl (C=O) groups is 2. The summed E-state index contributed by atoms with van der Waals surface area (Å²) >= 11 is 8.85. The molecule has 0 atom stereocenters. The molecule has 10 heteroatoms. The number of oxime groups is 1. The highest BCUT2D eigenvalue weighted by atomic mass is 35.5. The van der Waals surface area contributed by atoms with Crippen LogP contribution in [0.5, 0.6) is 0 Å². The van der Waals surface area contributed by atoms with Crippen molar-refractivity contribution in [1.29, 1.82) is 0 Å². The van der Waals surface area contributed by atoms with Crippen molar-refractivity contribution < 1.29 is 19.3 Å². The van der Waals surface area contributed by atoms with Crippen molar-refractivity contribution >= 4 is 58.3 Å². The lowest BCUT2D eigenvalue weighted by atomic mass is 10.1. The highest BCUT2D eigenvalue weighted by Crippen LogP contribution is 2.29. The molecule has 0 spiro atoms. The summed E-state index contributed by atoms with van der Waals surface area (Å²) in [6, 6.07) is 20.5. The van der Waals surface area contributed by atoms with E-state index in [0.29, 0.717) is 22.8 Å². The first-order valence-corrected chi connectivity index (χ1v) is 12.2. The number of benzene rings is 3. The Balaban J connectivity index is 1.66. The molecule has 0 amide bonds. The van der Waals surface area contributed by atoms with Crippen LogP contribution in [-0.2, 0) is 9.63 Å². The number of thioether (sulfide) groups is 1. The maximum atomic E-state index is 13.0. The quantitative estimate of drug-likeness (QED) is 0.0742. The number of nitrogens with zero attached hydrogens (tertiary/aromatic N) is 2. The lowest BCUT2D eigenvalue weighted by molar-refractivity contribution is -0.384. The molecule has 0 N–H and O–H groups in total. The van der Waals surface area contributed by atoms with E-state index in [1.807, 2.05) is 12.1 Å². The molecule has 0 saturated carbocycles. The Morgan fingerprint density at radius 3 is 2.06 bits per heavy atom. The van der Waals surface area contributed by atoms with E-state index in [9.17, 15) is 19.7 Å². The average molecular weight is 515 g/mol. The van der Waals surface area contributed by atoms with Crippen molar-refractivity contribution in [2.45, 2.75) is 28.0 Å². The number of nitro benzene ring substituents is 1. The van der Waals surface area contributed by atoms with Gasteiger partial charge in [-0.2, -0.15) is 0 Å². The number of carbonyl (C=O) groups excluding carboxylic acids is 2. The van der Waals surface area contributed by atoms with Crippen LogP contribution in [0, 0.1) is 10.1 Å². The van der Waals surface area contributed by atoms with Crippen LogP contribution in [0.2, 0.25) is 5.02 Å². The van der Waals surface area contributed by atoms with Crippen LogP contribution in [0.15, 0.2) is 92.6 Å². The molecule has 0 saturated heterocycles. The topological polar surface area (TPSA) is 98.9 Å². The smallest absolute Gasteiger partial charge is 0.318 e. The number of halogens is 1. The monoisotopic (exact) mass is 514 g/mol. The summed E-state index contributed by atoms with van der Waals surface area (Å²) in [5, 5.41) is 15.2. The fourth-order valence-electron chi connectivity index (χ4n) is 2.73. The number of rotatable bonds is 10. The van der Waals surface area contributed by atoms with Crippen LogP contribution in [0.25, 0.3) is 0 Å².